The van der Waals surface area contributed by atoms with Crippen molar-refractivity contribution in [2.45, 2.75) is 44.6 Å². The summed E-state index contributed by atoms with van der Waals surface area (Å²) < 4.78 is 12.3. The standard InChI is InChI=1S/C20H24N6O3/c1-19(2,3)15-6-4-14(5-7-15)16-12-17(29-23-16)22-18(27)20(8-10-28-11-9-20)26-13-21-24-25-26/h4-7,12-13H,8-11H2,1-3H3,(H,22,27). The molecule has 4 rings (SSSR count). The third-order valence-electron chi connectivity index (χ3n) is 5.32. The van der Waals surface area contributed by atoms with Gasteiger partial charge >= 0.3 is 0 Å². The second-order valence-electron chi connectivity index (χ2n) is 8.26. The van der Waals surface area contributed by atoms with Gasteiger partial charge in [-0.2, -0.15) is 0 Å². The highest BCUT2D eigenvalue weighted by molar-refractivity contribution is 5.96. The Kier molecular flexibility index (Phi) is 4.91. The average Bonchev–Trinajstić information content (AvgIpc) is 3.40. The van der Waals surface area contributed by atoms with E-state index in [0.29, 0.717) is 31.7 Å². The van der Waals surface area contributed by atoms with Gasteiger partial charge in [-0.05, 0) is 21.4 Å². The summed E-state index contributed by atoms with van der Waals surface area (Å²) in [6.07, 6.45) is 2.39. The van der Waals surface area contributed by atoms with Crippen LogP contribution in [-0.4, -0.2) is 44.5 Å². The molecule has 9 heteroatoms. The zero-order valence-electron chi connectivity index (χ0n) is 16.8. The van der Waals surface area contributed by atoms with Crippen molar-refractivity contribution in [2.24, 2.45) is 0 Å². The number of hydrogen-bond acceptors (Lipinski definition) is 7. The second-order valence-corrected chi connectivity index (χ2v) is 8.26. The first kappa shape index (κ1) is 19.3. The Bertz CT molecular complexity index is 967. The number of ether oxygens (including phenoxy) is 1. The van der Waals surface area contributed by atoms with Crippen LogP contribution in [0.4, 0.5) is 5.88 Å². The van der Waals surface area contributed by atoms with Crippen LogP contribution in [0.3, 0.4) is 0 Å². The third-order valence-corrected chi connectivity index (χ3v) is 5.32. The minimum Gasteiger partial charge on any atom is -0.381 e. The minimum absolute atomic E-state index is 0.0791. The Morgan fingerprint density at radius 2 is 1.90 bits per heavy atom. The van der Waals surface area contributed by atoms with Gasteiger partial charge in [0.2, 0.25) is 5.88 Å². The van der Waals surface area contributed by atoms with Crippen molar-refractivity contribution in [2.75, 3.05) is 18.5 Å². The molecule has 0 atom stereocenters. The molecule has 1 aliphatic rings. The van der Waals surface area contributed by atoms with Crippen molar-refractivity contribution in [3.05, 3.63) is 42.2 Å². The number of anilines is 1. The van der Waals surface area contributed by atoms with Crippen molar-refractivity contribution in [3.8, 4) is 11.3 Å². The third kappa shape index (κ3) is 3.77. The van der Waals surface area contributed by atoms with Crippen molar-refractivity contribution in [1.29, 1.82) is 0 Å². The molecule has 2 aromatic heterocycles. The summed E-state index contributed by atoms with van der Waals surface area (Å²) in [6.45, 7) is 7.41. The van der Waals surface area contributed by atoms with Crippen LogP contribution in [0.1, 0.15) is 39.2 Å². The van der Waals surface area contributed by atoms with Gasteiger partial charge in [0.15, 0.2) is 0 Å². The summed E-state index contributed by atoms with van der Waals surface area (Å²) in [4.78, 5) is 13.1. The number of nitrogens with zero attached hydrogens (tertiary/aromatic N) is 5. The molecule has 9 nitrogen and oxygen atoms in total. The fourth-order valence-electron chi connectivity index (χ4n) is 3.47. The van der Waals surface area contributed by atoms with Gasteiger partial charge in [0, 0.05) is 37.7 Å². The molecule has 0 saturated carbocycles. The van der Waals surface area contributed by atoms with Crippen LogP contribution in [-0.2, 0) is 20.5 Å². The zero-order chi connectivity index (χ0) is 20.5. The smallest absolute Gasteiger partial charge is 0.255 e. The van der Waals surface area contributed by atoms with Crippen LogP contribution in [0.25, 0.3) is 11.3 Å². The van der Waals surface area contributed by atoms with E-state index in [9.17, 15) is 4.79 Å². The van der Waals surface area contributed by atoms with Crippen LogP contribution >= 0.6 is 0 Å². The SMILES string of the molecule is CC(C)(C)c1ccc(-c2cc(NC(=O)C3(n4cnnn4)CCOCC3)on2)cc1. The van der Waals surface area contributed by atoms with E-state index in [4.69, 9.17) is 9.26 Å². The van der Waals surface area contributed by atoms with Crippen molar-refractivity contribution >= 4 is 11.8 Å². The molecule has 1 amide bonds. The van der Waals surface area contributed by atoms with E-state index in [-0.39, 0.29) is 17.2 Å². The highest BCUT2D eigenvalue weighted by Gasteiger charge is 2.43. The minimum atomic E-state index is -0.914. The highest BCUT2D eigenvalue weighted by Crippen LogP contribution is 2.31. The normalized spacial score (nSPS) is 16.5. The summed E-state index contributed by atoms with van der Waals surface area (Å²) in [5.41, 5.74) is 1.98. The molecular weight excluding hydrogens is 372 g/mol. The number of amides is 1. The molecular formula is C20H24N6O3. The molecule has 0 radical (unpaired) electrons. The first-order chi connectivity index (χ1) is 13.9. The second kappa shape index (κ2) is 7.40. The van der Waals surface area contributed by atoms with Crippen molar-refractivity contribution < 1.29 is 14.1 Å². The lowest BCUT2D eigenvalue weighted by atomic mass is 9.86. The number of carbonyl (C=O) groups excluding carboxylic acids is 1. The molecule has 0 aliphatic carbocycles. The van der Waals surface area contributed by atoms with Gasteiger partial charge in [-0.25, -0.2) is 4.68 Å². The van der Waals surface area contributed by atoms with Crippen LogP contribution in [0, 0.1) is 0 Å². The van der Waals surface area contributed by atoms with E-state index in [0.717, 1.165) is 5.56 Å². The number of rotatable bonds is 4. The number of nitrogens with one attached hydrogen (secondary N) is 1. The number of hydrogen-bond donors (Lipinski definition) is 1. The highest BCUT2D eigenvalue weighted by atomic mass is 16.5. The maximum Gasteiger partial charge on any atom is 0.255 e. The summed E-state index contributed by atoms with van der Waals surface area (Å²) in [6, 6.07) is 9.89. The van der Waals surface area contributed by atoms with Crippen LogP contribution in [0.15, 0.2) is 41.2 Å². The Morgan fingerprint density at radius 3 is 2.52 bits per heavy atom. The maximum atomic E-state index is 13.1. The van der Waals surface area contributed by atoms with Crippen LogP contribution in [0.2, 0.25) is 0 Å². The van der Waals surface area contributed by atoms with Gasteiger partial charge in [0.25, 0.3) is 5.91 Å². The first-order valence-electron chi connectivity index (χ1n) is 9.59. The van der Waals surface area contributed by atoms with Gasteiger partial charge in [-0.15, -0.1) is 5.10 Å². The predicted octanol–water partition coefficient (Wildman–Crippen LogP) is 2.77. The molecule has 3 heterocycles. The van der Waals surface area contributed by atoms with Crippen molar-refractivity contribution in [3.63, 3.8) is 0 Å². The number of aromatic nitrogens is 5. The van der Waals surface area contributed by atoms with E-state index < -0.39 is 5.54 Å². The zero-order valence-corrected chi connectivity index (χ0v) is 16.8. The molecule has 0 bridgehead atoms. The van der Waals surface area contributed by atoms with E-state index in [1.54, 1.807) is 6.07 Å². The molecule has 1 N–H and O–H groups in total. The van der Waals surface area contributed by atoms with Gasteiger partial charge in [0.1, 0.15) is 17.6 Å². The molecule has 1 saturated heterocycles. The van der Waals surface area contributed by atoms with Crippen LogP contribution < -0.4 is 5.32 Å². The molecule has 29 heavy (non-hydrogen) atoms. The largest absolute Gasteiger partial charge is 0.381 e. The first-order valence-corrected chi connectivity index (χ1v) is 9.59. The number of carbonyl (C=O) groups is 1. The molecule has 0 unspecified atom stereocenters. The Labute approximate surface area is 168 Å². The Morgan fingerprint density at radius 1 is 1.17 bits per heavy atom. The van der Waals surface area contributed by atoms with E-state index in [1.807, 2.05) is 12.1 Å². The monoisotopic (exact) mass is 396 g/mol. The quantitative estimate of drug-likeness (QED) is 0.722. The van der Waals surface area contributed by atoms with Crippen molar-refractivity contribution in [1.82, 2.24) is 25.4 Å². The topological polar surface area (TPSA) is 108 Å². The average molecular weight is 396 g/mol. The Balaban J connectivity index is 1.53. The lowest BCUT2D eigenvalue weighted by molar-refractivity contribution is -0.130. The van der Waals surface area contributed by atoms with Gasteiger partial charge in [-0.3, -0.25) is 10.1 Å². The fraction of sp³-hybridized carbons (Fsp3) is 0.450. The van der Waals surface area contributed by atoms with Gasteiger partial charge < -0.3 is 9.26 Å². The lowest BCUT2D eigenvalue weighted by Gasteiger charge is -2.34. The number of benzene rings is 1. The maximum absolute atomic E-state index is 13.1. The predicted molar refractivity (Wildman–Crippen MR) is 105 cm³/mol. The molecule has 3 aromatic rings. The van der Waals surface area contributed by atoms with E-state index in [1.165, 1.54) is 16.6 Å². The molecule has 0 spiro atoms. The molecule has 1 fully saturated rings. The molecule has 1 aliphatic heterocycles. The molecule has 1 aromatic carbocycles. The van der Waals surface area contributed by atoms with Crippen LogP contribution in [0.5, 0.6) is 0 Å². The molecule has 152 valence electrons. The summed E-state index contributed by atoms with van der Waals surface area (Å²) in [7, 11) is 0. The van der Waals surface area contributed by atoms with E-state index >= 15 is 0 Å². The summed E-state index contributed by atoms with van der Waals surface area (Å²) in [5, 5.41) is 18.2. The van der Waals surface area contributed by atoms with Gasteiger partial charge in [-0.1, -0.05) is 50.2 Å². The summed E-state index contributed by atoms with van der Waals surface area (Å²) in [5.74, 6) is 0.0303. The summed E-state index contributed by atoms with van der Waals surface area (Å²) >= 11 is 0. The van der Waals surface area contributed by atoms with E-state index in [2.05, 4.69) is 58.9 Å². The number of tetrazole rings is 1. The lowest BCUT2D eigenvalue weighted by Crippen LogP contribution is -2.49. The van der Waals surface area contributed by atoms with Gasteiger partial charge in [0.05, 0.1) is 0 Å². The fourth-order valence-corrected chi connectivity index (χ4v) is 3.47. The Hall–Kier alpha value is -3.07.